The molecule has 2 heterocycles. The molecule has 2 aromatic rings. The summed E-state index contributed by atoms with van der Waals surface area (Å²) in [6.45, 7) is 2.93. The predicted molar refractivity (Wildman–Crippen MR) is 89.3 cm³/mol. The number of ether oxygens (including phenoxy) is 2. The molecule has 0 unspecified atom stereocenters. The Labute approximate surface area is 147 Å². The Morgan fingerprint density at radius 3 is 2.42 bits per heavy atom. The van der Waals surface area contributed by atoms with Gasteiger partial charge in [0.15, 0.2) is 23.0 Å². The van der Waals surface area contributed by atoms with Crippen molar-refractivity contribution < 1.29 is 23.0 Å². The van der Waals surface area contributed by atoms with Crippen molar-refractivity contribution in [3.63, 3.8) is 0 Å². The third-order valence-electron chi connectivity index (χ3n) is 4.05. The summed E-state index contributed by atoms with van der Waals surface area (Å²) in [5, 5.41) is 3.83. The Morgan fingerprint density at radius 1 is 1.19 bits per heavy atom. The highest BCUT2D eigenvalue weighted by Gasteiger charge is 2.21. The molecule has 9 heteroatoms. The second-order valence-corrected chi connectivity index (χ2v) is 5.73. The summed E-state index contributed by atoms with van der Waals surface area (Å²) in [5.41, 5.74) is -1.24. The SMILES string of the molecule is COc1cn(-c2cc(F)c(N3CCOCC3)cc2F)nc(C(C)=O)c1=O. The first-order chi connectivity index (χ1) is 12.4. The first-order valence-electron chi connectivity index (χ1n) is 7.93. The lowest BCUT2D eigenvalue weighted by Crippen LogP contribution is -2.36. The van der Waals surface area contributed by atoms with Gasteiger partial charge in [-0.3, -0.25) is 9.59 Å². The molecule has 3 rings (SSSR count). The molecule has 0 spiro atoms. The van der Waals surface area contributed by atoms with Crippen LogP contribution in [-0.2, 0) is 4.74 Å². The maximum Gasteiger partial charge on any atom is 0.252 e. The minimum Gasteiger partial charge on any atom is -0.491 e. The number of morpholine rings is 1. The molecule has 26 heavy (non-hydrogen) atoms. The maximum absolute atomic E-state index is 14.7. The Balaban J connectivity index is 2.10. The zero-order chi connectivity index (χ0) is 18.8. The summed E-state index contributed by atoms with van der Waals surface area (Å²) in [4.78, 5) is 25.3. The van der Waals surface area contributed by atoms with Gasteiger partial charge in [-0.25, -0.2) is 13.5 Å². The third kappa shape index (κ3) is 3.30. The van der Waals surface area contributed by atoms with Crippen LogP contribution in [0.25, 0.3) is 5.69 Å². The van der Waals surface area contributed by atoms with E-state index in [1.54, 1.807) is 4.90 Å². The number of hydrogen-bond acceptors (Lipinski definition) is 6. The molecule has 0 bridgehead atoms. The Hall–Kier alpha value is -2.81. The maximum atomic E-state index is 14.7. The fourth-order valence-corrected chi connectivity index (χ4v) is 2.72. The van der Waals surface area contributed by atoms with Crippen LogP contribution >= 0.6 is 0 Å². The van der Waals surface area contributed by atoms with Gasteiger partial charge < -0.3 is 14.4 Å². The van der Waals surface area contributed by atoms with Crippen LogP contribution < -0.4 is 15.1 Å². The number of aromatic nitrogens is 2. The fraction of sp³-hybridized carbons (Fsp3) is 0.353. The molecule has 138 valence electrons. The largest absolute Gasteiger partial charge is 0.491 e. The van der Waals surface area contributed by atoms with Crippen LogP contribution in [0, 0.1) is 11.6 Å². The molecule has 0 atom stereocenters. The van der Waals surface area contributed by atoms with Crippen molar-refractivity contribution in [3.05, 3.63) is 45.9 Å². The molecule has 0 amide bonds. The Kier molecular flexibility index (Phi) is 4.99. The Morgan fingerprint density at radius 2 is 1.81 bits per heavy atom. The van der Waals surface area contributed by atoms with E-state index in [9.17, 15) is 18.4 Å². The van der Waals surface area contributed by atoms with Gasteiger partial charge in [-0.2, -0.15) is 5.10 Å². The van der Waals surface area contributed by atoms with Gasteiger partial charge in [0.1, 0.15) is 11.5 Å². The number of hydrogen-bond donors (Lipinski definition) is 0. The van der Waals surface area contributed by atoms with E-state index in [2.05, 4.69) is 5.10 Å². The molecule has 0 radical (unpaired) electrons. The summed E-state index contributed by atoms with van der Waals surface area (Å²) < 4.78 is 40.3. The van der Waals surface area contributed by atoms with Crippen molar-refractivity contribution in [3.8, 4) is 11.4 Å². The molecule has 1 aliphatic heterocycles. The summed E-state index contributed by atoms with van der Waals surface area (Å²) in [7, 11) is 1.24. The van der Waals surface area contributed by atoms with E-state index in [1.807, 2.05) is 0 Å². The second kappa shape index (κ2) is 7.20. The van der Waals surface area contributed by atoms with Gasteiger partial charge in [0.25, 0.3) is 5.43 Å². The molecule has 1 aromatic heterocycles. The third-order valence-corrected chi connectivity index (χ3v) is 4.05. The molecule has 1 fully saturated rings. The highest BCUT2D eigenvalue weighted by atomic mass is 19.1. The number of Topliss-reactive ketones (excluding diaryl/α,β-unsaturated/α-hetero) is 1. The van der Waals surface area contributed by atoms with Crippen LogP contribution in [0.4, 0.5) is 14.5 Å². The monoisotopic (exact) mass is 365 g/mol. The lowest BCUT2D eigenvalue weighted by molar-refractivity contribution is 0.100. The zero-order valence-electron chi connectivity index (χ0n) is 14.3. The fourth-order valence-electron chi connectivity index (χ4n) is 2.72. The van der Waals surface area contributed by atoms with E-state index >= 15 is 0 Å². The number of anilines is 1. The quantitative estimate of drug-likeness (QED) is 0.766. The van der Waals surface area contributed by atoms with Gasteiger partial charge in [-0.1, -0.05) is 0 Å². The average Bonchev–Trinajstić information content (AvgIpc) is 2.64. The summed E-state index contributed by atoms with van der Waals surface area (Å²) in [6.07, 6.45) is 1.11. The molecule has 1 aliphatic rings. The van der Waals surface area contributed by atoms with Gasteiger partial charge in [-0.15, -0.1) is 0 Å². The first kappa shape index (κ1) is 18.0. The summed E-state index contributed by atoms with van der Waals surface area (Å²) in [5.74, 6) is -2.19. The van der Waals surface area contributed by atoms with Crippen LogP contribution in [0.2, 0.25) is 0 Å². The lowest BCUT2D eigenvalue weighted by atomic mass is 10.2. The highest BCUT2D eigenvalue weighted by Crippen LogP contribution is 2.26. The van der Waals surface area contributed by atoms with E-state index in [4.69, 9.17) is 9.47 Å². The normalized spacial score (nSPS) is 14.4. The smallest absolute Gasteiger partial charge is 0.252 e. The molecule has 0 saturated carbocycles. The number of rotatable bonds is 4. The van der Waals surface area contributed by atoms with Gasteiger partial charge in [-0.05, 0) is 0 Å². The van der Waals surface area contributed by atoms with Crippen molar-refractivity contribution in [2.24, 2.45) is 0 Å². The van der Waals surface area contributed by atoms with Crippen molar-refractivity contribution in [2.45, 2.75) is 6.92 Å². The molecule has 7 nitrogen and oxygen atoms in total. The van der Waals surface area contributed by atoms with E-state index < -0.39 is 28.5 Å². The van der Waals surface area contributed by atoms with Gasteiger partial charge >= 0.3 is 0 Å². The van der Waals surface area contributed by atoms with Crippen molar-refractivity contribution in [1.29, 1.82) is 0 Å². The number of halogens is 2. The van der Waals surface area contributed by atoms with E-state index in [-0.39, 0.29) is 17.1 Å². The molecule has 1 aromatic carbocycles. The van der Waals surface area contributed by atoms with Crippen LogP contribution in [0.1, 0.15) is 17.4 Å². The van der Waals surface area contributed by atoms with Crippen LogP contribution in [0.3, 0.4) is 0 Å². The first-order valence-corrected chi connectivity index (χ1v) is 7.93. The van der Waals surface area contributed by atoms with E-state index in [0.717, 1.165) is 29.9 Å². The lowest BCUT2D eigenvalue weighted by Gasteiger charge is -2.29. The molecular weight excluding hydrogens is 348 g/mol. The second-order valence-electron chi connectivity index (χ2n) is 5.73. The van der Waals surface area contributed by atoms with Crippen LogP contribution in [0.15, 0.2) is 23.1 Å². The predicted octanol–water partition coefficient (Wildman–Crippen LogP) is 1.56. The van der Waals surface area contributed by atoms with E-state index in [0.29, 0.717) is 26.3 Å². The average molecular weight is 365 g/mol. The minimum absolute atomic E-state index is 0.120. The molecule has 1 saturated heterocycles. The Bertz CT molecular complexity index is 908. The van der Waals surface area contributed by atoms with Gasteiger partial charge in [0.05, 0.1) is 32.2 Å². The van der Waals surface area contributed by atoms with Gasteiger partial charge in [0.2, 0.25) is 0 Å². The van der Waals surface area contributed by atoms with Crippen molar-refractivity contribution in [1.82, 2.24) is 9.78 Å². The molecule has 0 aliphatic carbocycles. The van der Waals surface area contributed by atoms with E-state index in [1.165, 1.54) is 7.11 Å². The number of benzene rings is 1. The summed E-state index contributed by atoms with van der Waals surface area (Å²) in [6, 6.07) is 2.04. The number of ketones is 1. The number of carbonyl (C=O) groups excluding carboxylic acids is 1. The zero-order valence-corrected chi connectivity index (χ0v) is 14.3. The number of carbonyl (C=O) groups is 1. The highest BCUT2D eigenvalue weighted by molar-refractivity contribution is 5.92. The van der Waals surface area contributed by atoms with Crippen LogP contribution in [-0.4, -0.2) is 49.0 Å². The summed E-state index contributed by atoms with van der Waals surface area (Å²) >= 11 is 0. The topological polar surface area (TPSA) is 73.7 Å². The van der Waals surface area contributed by atoms with Crippen LogP contribution in [0.5, 0.6) is 5.75 Å². The van der Waals surface area contributed by atoms with Gasteiger partial charge in [0, 0.05) is 32.1 Å². The number of methoxy groups -OCH3 is 1. The van der Waals surface area contributed by atoms with Crippen molar-refractivity contribution in [2.75, 3.05) is 38.3 Å². The minimum atomic E-state index is -0.749. The number of nitrogens with zero attached hydrogens (tertiary/aromatic N) is 3. The molecular formula is C17H17F2N3O4. The molecule has 0 N–H and O–H groups in total. The van der Waals surface area contributed by atoms with Crippen molar-refractivity contribution >= 4 is 11.5 Å². The standard InChI is InChI=1S/C17H17F2N3O4/c1-10(23)16-17(24)15(25-2)9-22(20-16)14-8-11(18)13(7-12(14)19)21-3-5-26-6-4-21/h7-9H,3-6H2,1-2H3.